The first-order chi connectivity index (χ1) is 13.9. The summed E-state index contributed by atoms with van der Waals surface area (Å²) in [7, 11) is 0. The zero-order chi connectivity index (χ0) is 20.6. The Morgan fingerprint density at radius 2 is 2.10 bits per heavy atom. The number of likely N-dealkylation sites (tertiary alicyclic amines) is 2. The standard InChI is InChI=1S/C20H24ClN5O2S/c1-13-18(14(2)24-23-13)29-11-17(27)26-8-3-6-20(26)7-9-25(12-20)19(28)16-5-4-15(21)10-22-16/h4-5,10H,3,6-9,11-12H2,1-2H3,(H,23,24). The van der Waals surface area contributed by atoms with Crippen LogP contribution in [0.15, 0.2) is 23.2 Å². The van der Waals surface area contributed by atoms with E-state index < -0.39 is 0 Å². The third kappa shape index (κ3) is 3.88. The first-order valence-corrected chi connectivity index (χ1v) is 11.1. The van der Waals surface area contributed by atoms with E-state index in [0.717, 1.165) is 42.1 Å². The summed E-state index contributed by atoms with van der Waals surface area (Å²) in [4.78, 5) is 34.9. The smallest absolute Gasteiger partial charge is 0.272 e. The van der Waals surface area contributed by atoms with Crippen molar-refractivity contribution in [3.8, 4) is 0 Å². The highest BCUT2D eigenvalue weighted by Crippen LogP contribution is 2.39. The molecule has 2 saturated heterocycles. The van der Waals surface area contributed by atoms with Crippen molar-refractivity contribution in [2.45, 2.75) is 43.5 Å². The molecule has 9 heteroatoms. The number of thioether (sulfide) groups is 1. The molecule has 29 heavy (non-hydrogen) atoms. The Kier molecular flexibility index (Phi) is 5.57. The Hall–Kier alpha value is -2.06. The monoisotopic (exact) mass is 433 g/mol. The number of halogens is 1. The van der Waals surface area contributed by atoms with E-state index in [0.29, 0.717) is 29.6 Å². The molecule has 154 valence electrons. The van der Waals surface area contributed by atoms with Crippen molar-refractivity contribution >= 4 is 35.2 Å². The number of hydrogen-bond acceptors (Lipinski definition) is 5. The summed E-state index contributed by atoms with van der Waals surface area (Å²) >= 11 is 7.41. The van der Waals surface area contributed by atoms with Crippen molar-refractivity contribution in [3.63, 3.8) is 0 Å². The van der Waals surface area contributed by atoms with Crippen LogP contribution < -0.4 is 0 Å². The van der Waals surface area contributed by atoms with Gasteiger partial charge in [0.1, 0.15) is 5.69 Å². The molecule has 7 nitrogen and oxygen atoms in total. The molecule has 2 aromatic heterocycles. The molecule has 1 spiro atoms. The zero-order valence-electron chi connectivity index (χ0n) is 16.6. The molecule has 1 N–H and O–H groups in total. The Balaban J connectivity index is 1.43. The van der Waals surface area contributed by atoms with Crippen molar-refractivity contribution in [2.24, 2.45) is 0 Å². The molecule has 4 heterocycles. The van der Waals surface area contributed by atoms with Gasteiger partial charge in [-0.1, -0.05) is 11.6 Å². The van der Waals surface area contributed by atoms with Gasteiger partial charge in [0, 0.05) is 31.5 Å². The summed E-state index contributed by atoms with van der Waals surface area (Å²) in [5.41, 5.74) is 2.05. The number of aryl methyl sites for hydroxylation is 2. The second-order valence-electron chi connectivity index (χ2n) is 7.76. The fourth-order valence-corrected chi connectivity index (χ4v) is 5.46. The number of nitrogens with zero attached hydrogens (tertiary/aromatic N) is 4. The lowest BCUT2D eigenvalue weighted by Crippen LogP contribution is -2.50. The van der Waals surface area contributed by atoms with Crippen molar-refractivity contribution < 1.29 is 9.59 Å². The van der Waals surface area contributed by atoms with Gasteiger partial charge in [-0.15, -0.1) is 11.8 Å². The summed E-state index contributed by atoms with van der Waals surface area (Å²) in [5, 5.41) is 7.67. The van der Waals surface area contributed by atoms with Crippen LogP contribution in [-0.2, 0) is 4.79 Å². The van der Waals surface area contributed by atoms with Gasteiger partial charge in [-0.25, -0.2) is 4.98 Å². The van der Waals surface area contributed by atoms with Gasteiger partial charge in [0.2, 0.25) is 5.91 Å². The average molecular weight is 434 g/mol. The SMILES string of the molecule is Cc1n[nH]c(C)c1SCC(=O)N1CCCC12CCN(C(=O)c1ccc(Cl)cn1)C2. The third-order valence-corrected chi connectivity index (χ3v) is 7.37. The lowest BCUT2D eigenvalue weighted by atomic mass is 9.95. The summed E-state index contributed by atoms with van der Waals surface area (Å²) in [6.45, 7) is 5.87. The maximum absolute atomic E-state index is 13.1. The minimum atomic E-state index is -0.250. The van der Waals surface area contributed by atoms with Gasteiger partial charge < -0.3 is 9.80 Å². The zero-order valence-corrected chi connectivity index (χ0v) is 18.1. The number of H-pyrrole nitrogens is 1. The number of nitrogens with one attached hydrogen (secondary N) is 1. The van der Waals surface area contributed by atoms with Gasteiger partial charge in [-0.3, -0.25) is 14.7 Å². The fraction of sp³-hybridized carbons (Fsp3) is 0.500. The molecule has 0 aromatic carbocycles. The van der Waals surface area contributed by atoms with Gasteiger partial charge in [-0.2, -0.15) is 5.10 Å². The lowest BCUT2D eigenvalue weighted by molar-refractivity contribution is -0.132. The minimum absolute atomic E-state index is 0.100. The van der Waals surface area contributed by atoms with Crippen molar-refractivity contribution in [3.05, 3.63) is 40.4 Å². The number of aromatic nitrogens is 3. The van der Waals surface area contributed by atoms with E-state index in [1.165, 1.54) is 18.0 Å². The van der Waals surface area contributed by atoms with Gasteiger partial charge in [-0.05, 0) is 45.2 Å². The third-order valence-electron chi connectivity index (χ3n) is 5.86. The lowest BCUT2D eigenvalue weighted by Gasteiger charge is -2.35. The number of hydrogen-bond donors (Lipinski definition) is 1. The van der Waals surface area contributed by atoms with Crippen LogP contribution in [0.3, 0.4) is 0 Å². The Morgan fingerprint density at radius 1 is 1.28 bits per heavy atom. The molecular weight excluding hydrogens is 410 g/mol. The second kappa shape index (κ2) is 7.99. The van der Waals surface area contributed by atoms with E-state index in [-0.39, 0.29) is 17.4 Å². The van der Waals surface area contributed by atoms with E-state index in [2.05, 4.69) is 15.2 Å². The molecule has 0 radical (unpaired) electrons. The topological polar surface area (TPSA) is 82.2 Å². The number of rotatable bonds is 4. The summed E-state index contributed by atoms with van der Waals surface area (Å²) < 4.78 is 0. The maximum Gasteiger partial charge on any atom is 0.272 e. The molecule has 0 saturated carbocycles. The van der Waals surface area contributed by atoms with Crippen LogP contribution in [0, 0.1) is 13.8 Å². The van der Waals surface area contributed by atoms with Crippen molar-refractivity contribution in [2.75, 3.05) is 25.4 Å². The summed E-state index contributed by atoms with van der Waals surface area (Å²) in [5.74, 6) is 0.415. The Bertz CT molecular complexity index is 912. The number of carbonyl (C=O) groups is 2. The van der Waals surface area contributed by atoms with E-state index in [1.54, 1.807) is 12.1 Å². The van der Waals surface area contributed by atoms with Crippen LogP contribution in [0.2, 0.25) is 5.02 Å². The number of amides is 2. The molecule has 2 aliphatic rings. The highest BCUT2D eigenvalue weighted by molar-refractivity contribution is 8.00. The Morgan fingerprint density at radius 3 is 2.79 bits per heavy atom. The molecule has 1 unspecified atom stereocenters. The number of pyridine rings is 1. The van der Waals surface area contributed by atoms with E-state index >= 15 is 0 Å². The molecule has 0 aliphatic carbocycles. The normalized spacial score (nSPS) is 21.3. The molecule has 2 fully saturated rings. The molecule has 2 aromatic rings. The molecule has 1 atom stereocenters. The Labute approximate surface area is 179 Å². The highest BCUT2D eigenvalue weighted by Gasteiger charge is 2.49. The van der Waals surface area contributed by atoms with Crippen LogP contribution in [0.1, 0.15) is 41.1 Å². The molecular formula is C20H24ClN5O2S. The van der Waals surface area contributed by atoms with E-state index in [9.17, 15) is 9.59 Å². The van der Waals surface area contributed by atoms with Crippen LogP contribution in [0.4, 0.5) is 0 Å². The first-order valence-electron chi connectivity index (χ1n) is 9.75. The van der Waals surface area contributed by atoms with Crippen LogP contribution >= 0.6 is 23.4 Å². The summed E-state index contributed by atoms with van der Waals surface area (Å²) in [6.07, 6.45) is 4.21. The molecule has 4 rings (SSSR count). The predicted octanol–water partition coefficient (Wildman–Crippen LogP) is 3.07. The van der Waals surface area contributed by atoms with Crippen LogP contribution in [0.5, 0.6) is 0 Å². The fourth-order valence-electron chi connectivity index (χ4n) is 4.41. The average Bonchev–Trinajstić information content (AvgIpc) is 3.41. The quantitative estimate of drug-likeness (QED) is 0.749. The minimum Gasteiger partial charge on any atom is -0.335 e. The summed E-state index contributed by atoms with van der Waals surface area (Å²) in [6, 6.07) is 3.33. The van der Waals surface area contributed by atoms with Gasteiger partial charge in [0.25, 0.3) is 5.91 Å². The number of carbonyl (C=O) groups excluding carboxylic acids is 2. The van der Waals surface area contributed by atoms with Crippen molar-refractivity contribution in [1.29, 1.82) is 0 Å². The van der Waals surface area contributed by atoms with E-state index in [1.807, 2.05) is 23.6 Å². The van der Waals surface area contributed by atoms with Crippen LogP contribution in [-0.4, -0.2) is 67.7 Å². The van der Waals surface area contributed by atoms with Gasteiger partial charge >= 0.3 is 0 Å². The number of aromatic amines is 1. The van der Waals surface area contributed by atoms with Crippen molar-refractivity contribution in [1.82, 2.24) is 25.0 Å². The molecule has 2 amide bonds. The van der Waals surface area contributed by atoms with E-state index in [4.69, 9.17) is 11.6 Å². The highest BCUT2D eigenvalue weighted by atomic mass is 35.5. The van der Waals surface area contributed by atoms with Crippen LogP contribution in [0.25, 0.3) is 0 Å². The molecule has 2 aliphatic heterocycles. The second-order valence-corrected chi connectivity index (χ2v) is 9.19. The molecule has 0 bridgehead atoms. The predicted molar refractivity (Wildman–Crippen MR) is 112 cm³/mol. The first kappa shape index (κ1) is 20.2. The maximum atomic E-state index is 13.1. The largest absolute Gasteiger partial charge is 0.335 e. The van der Waals surface area contributed by atoms with Gasteiger partial charge in [0.05, 0.1) is 26.9 Å². The van der Waals surface area contributed by atoms with Gasteiger partial charge in [0.15, 0.2) is 0 Å².